The van der Waals surface area contributed by atoms with Gasteiger partial charge in [0.15, 0.2) is 0 Å². The van der Waals surface area contributed by atoms with Crippen LogP contribution in [0.25, 0.3) is 0 Å². The first-order chi connectivity index (χ1) is 9.70. The van der Waals surface area contributed by atoms with E-state index in [1.54, 1.807) is 17.4 Å². The molecule has 1 aliphatic heterocycles. The molecule has 5 heteroatoms. The quantitative estimate of drug-likeness (QED) is 0.794. The van der Waals surface area contributed by atoms with Crippen molar-refractivity contribution in [3.8, 4) is 0 Å². The Bertz CT molecular complexity index is 640. The maximum absolute atomic E-state index is 13.2. The summed E-state index contributed by atoms with van der Waals surface area (Å²) < 4.78 is 13.2. The normalized spacial score (nSPS) is 17.9. The van der Waals surface area contributed by atoms with Crippen molar-refractivity contribution in [2.24, 2.45) is 0 Å². The molecule has 0 fully saturated rings. The predicted molar refractivity (Wildman–Crippen MR) is 76.3 cm³/mol. The van der Waals surface area contributed by atoms with Crippen molar-refractivity contribution < 1.29 is 9.18 Å². The lowest BCUT2D eigenvalue weighted by Gasteiger charge is -2.35. The second kappa shape index (κ2) is 5.32. The van der Waals surface area contributed by atoms with Crippen LogP contribution >= 0.6 is 11.3 Å². The fourth-order valence-corrected chi connectivity index (χ4v) is 3.71. The molecule has 3 heterocycles. The van der Waals surface area contributed by atoms with Crippen LogP contribution in [0.1, 0.15) is 40.2 Å². The molecule has 0 radical (unpaired) electrons. The lowest BCUT2D eigenvalue weighted by Crippen LogP contribution is -2.39. The molecule has 1 amide bonds. The largest absolute Gasteiger partial charge is 0.331 e. The molecule has 20 heavy (non-hydrogen) atoms. The highest BCUT2D eigenvalue weighted by molar-refractivity contribution is 7.10. The van der Waals surface area contributed by atoms with Gasteiger partial charge in [0.05, 0.1) is 6.04 Å². The summed E-state index contributed by atoms with van der Waals surface area (Å²) in [6.45, 7) is 2.76. The Kier molecular flexibility index (Phi) is 3.53. The van der Waals surface area contributed by atoms with Crippen LogP contribution in [0.4, 0.5) is 4.39 Å². The third-order valence-corrected chi connectivity index (χ3v) is 4.71. The molecule has 0 aromatic carbocycles. The van der Waals surface area contributed by atoms with Gasteiger partial charge in [-0.15, -0.1) is 11.3 Å². The first-order valence-corrected chi connectivity index (χ1v) is 7.57. The van der Waals surface area contributed by atoms with Crippen LogP contribution in [0.3, 0.4) is 0 Å². The molecule has 1 aliphatic rings. The summed E-state index contributed by atoms with van der Waals surface area (Å²) in [6.07, 6.45) is 3.08. The van der Waals surface area contributed by atoms with Gasteiger partial charge in [-0.3, -0.25) is 4.79 Å². The van der Waals surface area contributed by atoms with Crippen molar-refractivity contribution in [3.05, 3.63) is 51.7 Å². The first kappa shape index (κ1) is 13.2. The SMILES string of the molecule is CCC1c2ccsc2CCN1C(=O)c1ccnc(F)c1. The zero-order chi connectivity index (χ0) is 14.1. The second-order valence-electron chi connectivity index (χ2n) is 4.84. The summed E-state index contributed by atoms with van der Waals surface area (Å²) in [4.78, 5) is 19.3. The zero-order valence-corrected chi connectivity index (χ0v) is 12.0. The van der Waals surface area contributed by atoms with E-state index >= 15 is 0 Å². The smallest absolute Gasteiger partial charge is 0.254 e. The van der Waals surface area contributed by atoms with Crippen molar-refractivity contribution in [2.45, 2.75) is 25.8 Å². The average molecular weight is 290 g/mol. The van der Waals surface area contributed by atoms with E-state index in [-0.39, 0.29) is 11.9 Å². The van der Waals surface area contributed by atoms with Crippen molar-refractivity contribution in [3.63, 3.8) is 0 Å². The van der Waals surface area contributed by atoms with Gasteiger partial charge in [-0.1, -0.05) is 6.92 Å². The van der Waals surface area contributed by atoms with E-state index in [1.165, 1.54) is 22.7 Å². The van der Waals surface area contributed by atoms with Gasteiger partial charge in [0.2, 0.25) is 5.95 Å². The Balaban J connectivity index is 1.92. The minimum absolute atomic E-state index is 0.0914. The number of pyridine rings is 1. The maximum Gasteiger partial charge on any atom is 0.254 e. The summed E-state index contributed by atoms with van der Waals surface area (Å²) in [5.74, 6) is -0.730. The van der Waals surface area contributed by atoms with E-state index < -0.39 is 5.95 Å². The third kappa shape index (κ3) is 2.22. The number of nitrogens with zero attached hydrogens (tertiary/aromatic N) is 2. The average Bonchev–Trinajstić information content (AvgIpc) is 2.93. The van der Waals surface area contributed by atoms with Gasteiger partial charge in [0.1, 0.15) is 0 Å². The highest BCUT2D eigenvalue weighted by Gasteiger charge is 2.30. The van der Waals surface area contributed by atoms with Crippen LogP contribution in [0.5, 0.6) is 0 Å². The van der Waals surface area contributed by atoms with E-state index in [0.29, 0.717) is 12.1 Å². The summed E-state index contributed by atoms with van der Waals surface area (Å²) in [7, 11) is 0. The number of thiophene rings is 1. The maximum atomic E-state index is 13.2. The molecule has 1 unspecified atom stereocenters. The molecule has 0 N–H and O–H groups in total. The molecule has 2 aromatic heterocycles. The number of rotatable bonds is 2. The van der Waals surface area contributed by atoms with Gasteiger partial charge in [-0.2, -0.15) is 4.39 Å². The molecule has 3 nitrogen and oxygen atoms in total. The molecule has 0 saturated carbocycles. The Labute approximate surface area is 121 Å². The van der Waals surface area contributed by atoms with E-state index in [2.05, 4.69) is 23.4 Å². The summed E-state index contributed by atoms with van der Waals surface area (Å²) in [5, 5.41) is 2.08. The lowest BCUT2D eigenvalue weighted by molar-refractivity contribution is 0.0656. The minimum atomic E-state index is -0.614. The summed E-state index contributed by atoms with van der Waals surface area (Å²) in [5.41, 5.74) is 1.61. The molecule has 0 spiro atoms. The van der Waals surface area contributed by atoms with Gasteiger partial charge >= 0.3 is 0 Å². The van der Waals surface area contributed by atoms with Crippen molar-refractivity contribution in [1.82, 2.24) is 9.88 Å². The van der Waals surface area contributed by atoms with Crippen LogP contribution in [0.15, 0.2) is 29.8 Å². The van der Waals surface area contributed by atoms with E-state index in [0.717, 1.165) is 12.8 Å². The molecule has 104 valence electrons. The zero-order valence-electron chi connectivity index (χ0n) is 11.2. The molecule has 0 saturated heterocycles. The fourth-order valence-electron chi connectivity index (χ4n) is 2.78. The summed E-state index contributed by atoms with van der Waals surface area (Å²) >= 11 is 1.75. The Hall–Kier alpha value is -1.75. The van der Waals surface area contributed by atoms with Crippen molar-refractivity contribution in [1.29, 1.82) is 0 Å². The number of fused-ring (bicyclic) bond motifs is 1. The van der Waals surface area contributed by atoms with Gasteiger partial charge in [-0.05, 0) is 35.9 Å². The fraction of sp³-hybridized carbons (Fsp3) is 0.333. The number of hydrogen-bond donors (Lipinski definition) is 0. The molecule has 2 aromatic rings. The number of halogens is 1. The Morgan fingerprint density at radius 2 is 2.40 bits per heavy atom. The number of aromatic nitrogens is 1. The number of carbonyl (C=O) groups excluding carboxylic acids is 1. The predicted octanol–water partition coefficient (Wildman–Crippen LogP) is 3.43. The van der Waals surface area contributed by atoms with Gasteiger partial charge in [0, 0.05) is 29.2 Å². The van der Waals surface area contributed by atoms with Crippen molar-refractivity contribution >= 4 is 17.2 Å². The molecular weight excluding hydrogens is 275 g/mol. The van der Waals surface area contributed by atoms with Crippen LogP contribution in [-0.2, 0) is 6.42 Å². The lowest BCUT2D eigenvalue weighted by atomic mass is 9.97. The molecule has 3 rings (SSSR count). The van der Waals surface area contributed by atoms with Crippen LogP contribution in [0, 0.1) is 5.95 Å². The van der Waals surface area contributed by atoms with E-state index in [1.807, 2.05) is 4.90 Å². The Morgan fingerprint density at radius 3 is 3.15 bits per heavy atom. The topological polar surface area (TPSA) is 33.2 Å². The molecule has 1 atom stereocenters. The minimum Gasteiger partial charge on any atom is -0.331 e. The Morgan fingerprint density at radius 1 is 1.55 bits per heavy atom. The van der Waals surface area contributed by atoms with Crippen LogP contribution in [-0.4, -0.2) is 22.3 Å². The second-order valence-corrected chi connectivity index (χ2v) is 5.84. The van der Waals surface area contributed by atoms with Crippen LogP contribution < -0.4 is 0 Å². The molecule has 0 aliphatic carbocycles. The molecule has 0 bridgehead atoms. The number of amides is 1. The van der Waals surface area contributed by atoms with Crippen LogP contribution in [0.2, 0.25) is 0 Å². The highest BCUT2D eigenvalue weighted by atomic mass is 32.1. The van der Waals surface area contributed by atoms with Gasteiger partial charge in [0.25, 0.3) is 5.91 Å². The number of hydrogen-bond acceptors (Lipinski definition) is 3. The third-order valence-electron chi connectivity index (χ3n) is 3.72. The highest BCUT2D eigenvalue weighted by Crippen LogP contribution is 2.35. The van der Waals surface area contributed by atoms with Gasteiger partial charge in [-0.25, -0.2) is 4.98 Å². The first-order valence-electron chi connectivity index (χ1n) is 6.69. The van der Waals surface area contributed by atoms with E-state index in [4.69, 9.17) is 0 Å². The molecular formula is C15H15FN2OS. The monoisotopic (exact) mass is 290 g/mol. The standard InChI is InChI=1S/C15H15FN2OS/c1-2-12-11-5-8-20-13(11)4-7-18(12)15(19)10-3-6-17-14(16)9-10/h3,5-6,8-9,12H,2,4,7H2,1H3. The number of carbonyl (C=O) groups is 1. The summed E-state index contributed by atoms with van der Waals surface area (Å²) in [6, 6.07) is 4.97. The van der Waals surface area contributed by atoms with Gasteiger partial charge < -0.3 is 4.90 Å². The van der Waals surface area contributed by atoms with E-state index in [9.17, 15) is 9.18 Å². The van der Waals surface area contributed by atoms with Crippen molar-refractivity contribution in [2.75, 3.05) is 6.54 Å².